The van der Waals surface area contributed by atoms with E-state index in [1.165, 1.54) is 11.1 Å². The van der Waals surface area contributed by atoms with E-state index in [1.807, 2.05) is 30.3 Å². The molecule has 2 unspecified atom stereocenters. The maximum absolute atomic E-state index is 12.3. The maximum atomic E-state index is 12.3. The molecular formula is C49H52O3. The lowest BCUT2D eigenvalue weighted by atomic mass is 9.73. The molecule has 0 heterocycles. The van der Waals surface area contributed by atoms with Crippen molar-refractivity contribution in [3.63, 3.8) is 0 Å². The van der Waals surface area contributed by atoms with Crippen molar-refractivity contribution in [2.45, 2.75) is 83.5 Å². The molecule has 0 aliphatic carbocycles. The van der Waals surface area contributed by atoms with Gasteiger partial charge in [0.2, 0.25) is 0 Å². The summed E-state index contributed by atoms with van der Waals surface area (Å²) in [6.45, 7) is 17.3. The van der Waals surface area contributed by atoms with Gasteiger partial charge in [0, 0.05) is 50.3 Å². The number of benzene rings is 6. The molecule has 0 saturated carbocycles. The van der Waals surface area contributed by atoms with E-state index < -0.39 is 5.41 Å². The van der Waals surface area contributed by atoms with E-state index in [2.05, 4.69) is 152 Å². The highest BCUT2D eigenvalue weighted by molar-refractivity contribution is 5.58. The summed E-state index contributed by atoms with van der Waals surface area (Å²) >= 11 is 0. The largest absolute Gasteiger partial charge is 0.508 e. The fourth-order valence-corrected chi connectivity index (χ4v) is 7.68. The van der Waals surface area contributed by atoms with Crippen LogP contribution < -0.4 is 0 Å². The Labute approximate surface area is 310 Å². The van der Waals surface area contributed by atoms with E-state index in [-0.39, 0.29) is 39.9 Å². The van der Waals surface area contributed by atoms with Gasteiger partial charge in [-0.3, -0.25) is 0 Å². The van der Waals surface area contributed by atoms with Crippen molar-refractivity contribution in [2.75, 3.05) is 0 Å². The van der Waals surface area contributed by atoms with Gasteiger partial charge in [-0.1, -0.05) is 183 Å². The smallest absolute Gasteiger partial charge is 0.123 e. The van der Waals surface area contributed by atoms with Crippen LogP contribution in [0.1, 0.15) is 123 Å². The fourth-order valence-electron chi connectivity index (χ4n) is 7.68. The Morgan fingerprint density at radius 2 is 0.635 bits per heavy atom. The number of hydrogen-bond donors (Lipinski definition) is 3. The normalized spacial score (nSPS) is 13.5. The van der Waals surface area contributed by atoms with Crippen molar-refractivity contribution < 1.29 is 15.3 Å². The van der Waals surface area contributed by atoms with Gasteiger partial charge in [-0.25, -0.2) is 0 Å². The van der Waals surface area contributed by atoms with E-state index in [0.717, 1.165) is 44.5 Å². The van der Waals surface area contributed by atoms with E-state index in [0.29, 0.717) is 0 Å². The maximum Gasteiger partial charge on any atom is 0.123 e. The summed E-state index contributed by atoms with van der Waals surface area (Å²) in [5, 5.41) is 35.1. The molecule has 3 N–H and O–H groups in total. The lowest BCUT2D eigenvalue weighted by Gasteiger charge is -2.31. The Hall–Kier alpha value is -5.28. The molecule has 0 aromatic heterocycles. The third-order valence-corrected chi connectivity index (χ3v) is 11.7. The van der Waals surface area contributed by atoms with Crippen molar-refractivity contribution in [3.8, 4) is 17.2 Å². The molecule has 3 nitrogen and oxygen atoms in total. The third-order valence-electron chi connectivity index (χ3n) is 11.7. The SMILES string of the molecule is CC(c1cc(C(C)(C)c2ccccc2)ccc1O)c1cc(C(C)(C)c2ccccc2)cc(C(C)c2cc(C(C)(C)c3ccccc3)ccc2O)c1O. The minimum atomic E-state index is -0.406. The monoisotopic (exact) mass is 688 g/mol. The standard InChI is InChI=1S/C49H52O3/c1-32(40-28-37(24-26-44(40)50)47(3,4)34-18-12-9-13-19-34)42-30-39(49(7,8)36-22-16-11-17-23-36)31-43(46(42)52)33(2)41-29-38(25-27-45(41)51)48(5,6)35-20-14-10-15-21-35/h9-33,50-52H,1-8H3. The Kier molecular flexibility index (Phi) is 9.85. The second-order valence-electron chi connectivity index (χ2n) is 16.0. The number of phenolic OH excluding ortho intramolecular Hbond substituents is 3. The van der Waals surface area contributed by atoms with Crippen molar-refractivity contribution in [3.05, 3.63) is 195 Å². The van der Waals surface area contributed by atoms with Gasteiger partial charge in [-0.2, -0.15) is 0 Å². The van der Waals surface area contributed by atoms with Crippen LogP contribution in [-0.2, 0) is 16.2 Å². The molecule has 6 aromatic carbocycles. The molecule has 0 bridgehead atoms. The highest BCUT2D eigenvalue weighted by atomic mass is 16.3. The van der Waals surface area contributed by atoms with Crippen LogP contribution in [0.5, 0.6) is 17.2 Å². The van der Waals surface area contributed by atoms with Gasteiger partial charge in [0.15, 0.2) is 0 Å². The first-order valence-corrected chi connectivity index (χ1v) is 18.3. The second-order valence-corrected chi connectivity index (χ2v) is 16.0. The van der Waals surface area contributed by atoms with E-state index in [9.17, 15) is 15.3 Å². The summed E-state index contributed by atoms with van der Waals surface area (Å²) in [5.74, 6) is -0.139. The molecule has 266 valence electrons. The predicted octanol–water partition coefficient (Wildman–Crippen LogP) is 12.1. The van der Waals surface area contributed by atoms with Gasteiger partial charge in [0.25, 0.3) is 0 Å². The molecule has 0 amide bonds. The summed E-state index contributed by atoms with van der Waals surface area (Å²) in [4.78, 5) is 0. The molecule has 0 radical (unpaired) electrons. The van der Waals surface area contributed by atoms with Crippen LogP contribution in [0.25, 0.3) is 0 Å². The minimum absolute atomic E-state index is 0.173. The lowest BCUT2D eigenvalue weighted by molar-refractivity contribution is 0.446. The molecular weight excluding hydrogens is 637 g/mol. The van der Waals surface area contributed by atoms with Crippen LogP contribution in [0.3, 0.4) is 0 Å². The second kappa shape index (κ2) is 14.0. The number of hydrogen-bond acceptors (Lipinski definition) is 3. The van der Waals surface area contributed by atoms with Crippen LogP contribution in [0, 0.1) is 0 Å². The molecule has 3 heteroatoms. The van der Waals surface area contributed by atoms with Crippen LogP contribution in [0.4, 0.5) is 0 Å². The lowest BCUT2D eigenvalue weighted by Crippen LogP contribution is -2.21. The van der Waals surface area contributed by atoms with Crippen molar-refractivity contribution in [2.24, 2.45) is 0 Å². The third kappa shape index (κ3) is 6.73. The molecule has 2 atom stereocenters. The van der Waals surface area contributed by atoms with Crippen molar-refractivity contribution in [1.82, 2.24) is 0 Å². The quantitative estimate of drug-likeness (QED) is 0.134. The molecule has 6 rings (SSSR count). The zero-order valence-electron chi connectivity index (χ0n) is 31.8. The minimum Gasteiger partial charge on any atom is -0.508 e. The van der Waals surface area contributed by atoms with Gasteiger partial charge < -0.3 is 15.3 Å². The highest BCUT2D eigenvalue weighted by Gasteiger charge is 2.32. The summed E-state index contributed by atoms with van der Waals surface area (Å²) in [6.07, 6.45) is 0. The Morgan fingerprint density at radius 3 is 0.962 bits per heavy atom. The molecule has 0 spiro atoms. The zero-order valence-corrected chi connectivity index (χ0v) is 31.8. The number of rotatable bonds is 10. The average Bonchev–Trinajstić information content (AvgIpc) is 3.15. The first kappa shape index (κ1) is 36.5. The molecule has 0 saturated heterocycles. The van der Waals surface area contributed by atoms with Crippen LogP contribution in [-0.4, -0.2) is 15.3 Å². The molecule has 0 aliphatic rings. The zero-order chi connectivity index (χ0) is 37.4. The Morgan fingerprint density at radius 1 is 0.346 bits per heavy atom. The van der Waals surface area contributed by atoms with Gasteiger partial charge in [-0.15, -0.1) is 0 Å². The summed E-state index contributed by atoms with van der Waals surface area (Å²) in [6, 6.07) is 47.1. The average molecular weight is 689 g/mol. The first-order valence-electron chi connectivity index (χ1n) is 18.3. The fraction of sp³-hybridized carbons (Fsp3) is 0.265. The van der Waals surface area contributed by atoms with E-state index in [1.54, 1.807) is 12.1 Å². The number of aromatic hydroxyl groups is 3. The van der Waals surface area contributed by atoms with E-state index in [4.69, 9.17) is 0 Å². The van der Waals surface area contributed by atoms with Crippen molar-refractivity contribution >= 4 is 0 Å². The molecule has 6 aromatic rings. The van der Waals surface area contributed by atoms with E-state index >= 15 is 0 Å². The van der Waals surface area contributed by atoms with Gasteiger partial charge >= 0.3 is 0 Å². The van der Waals surface area contributed by atoms with Crippen LogP contribution in [0.2, 0.25) is 0 Å². The summed E-state index contributed by atoms with van der Waals surface area (Å²) in [5.41, 5.74) is 8.66. The Bertz CT molecular complexity index is 2030. The summed E-state index contributed by atoms with van der Waals surface area (Å²) < 4.78 is 0. The van der Waals surface area contributed by atoms with Crippen LogP contribution in [0.15, 0.2) is 140 Å². The summed E-state index contributed by atoms with van der Waals surface area (Å²) in [7, 11) is 0. The predicted molar refractivity (Wildman–Crippen MR) is 215 cm³/mol. The topological polar surface area (TPSA) is 60.7 Å². The molecule has 0 fully saturated rings. The van der Waals surface area contributed by atoms with Crippen LogP contribution >= 0.6 is 0 Å². The van der Waals surface area contributed by atoms with Gasteiger partial charge in [-0.05, 0) is 45.5 Å². The first-order chi connectivity index (χ1) is 24.6. The van der Waals surface area contributed by atoms with Gasteiger partial charge in [0.05, 0.1) is 0 Å². The number of phenols is 3. The molecule has 0 aliphatic heterocycles. The highest BCUT2D eigenvalue weighted by Crippen LogP contribution is 2.47. The molecule has 52 heavy (non-hydrogen) atoms. The van der Waals surface area contributed by atoms with Gasteiger partial charge in [0.1, 0.15) is 17.2 Å². The van der Waals surface area contributed by atoms with Crippen molar-refractivity contribution in [1.29, 1.82) is 0 Å². The Balaban J connectivity index is 1.51.